The SMILES string of the molecule is CC1(C(=O)NNC(=O)c2cccs2)CC1(Cl)Cl. The monoisotopic (exact) mass is 292 g/mol. The van der Waals surface area contributed by atoms with Gasteiger partial charge in [0, 0.05) is 0 Å². The molecule has 2 rings (SSSR count). The summed E-state index contributed by atoms with van der Waals surface area (Å²) in [5.74, 6) is -0.736. The van der Waals surface area contributed by atoms with Crippen molar-refractivity contribution in [3.05, 3.63) is 22.4 Å². The summed E-state index contributed by atoms with van der Waals surface area (Å²) in [6.45, 7) is 1.65. The van der Waals surface area contributed by atoms with Crippen LogP contribution in [0.3, 0.4) is 0 Å². The number of halogens is 2. The van der Waals surface area contributed by atoms with Crippen molar-refractivity contribution in [2.24, 2.45) is 5.41 Å². The molecule has 92 valence electrons. The van der Waals surface area contributed by atoms with Crippen LogP contribution in [0.1, 0.15) is 23.0 Å². The molecule has 2 N–H and O–H groups in total. The fraction of sp³-hybridized carbons (Fsp3) is 0.400. The summed E-state index contributed by atoms with van der Waals surface area (Å²) >= 11 is 13.0. The van der Waals surface area contributed by atoms with Crippen LogP contribution >= 0.6 is 34.5 Å². The number of nitrogens with one attached hydrogen (secondary N) is 2. The second-order valence-electron chi connectivity index (χ2n) is 4.10. The predicted octanol–water partition coefficient (Wildman–Crippen LogP) is 2.09. The van der Waals surface area contributed by atoms with Gasteiger partial charge in [0.2, 0.25) is 5.91 Å². The number of amides is 2. The van der Waals surface area contributed by atoms with Gasteiger partial charge < -0.3 is 0 Å². The van der Waals surface area contributed by atoms with Gasteiger partial charge in [-0.1, -0.05) is 6.07 Å². The number of thiophene rings is 1. The second kappa shape index (κ2) is 4.15. The lowest BCUT2D eigenvalue weighted by Crippen LogP contribution is -2.45. The first kappa shape index (κ1) is 12.7. The topological polar surface area (TPSA) is 58.2 Å². The van der Waals surface area contributed by atoms with Crippen LogP contribution in [-0.2, 0) is 4.79 Å². The molecule has 1 atom stereocenters. The Kier molecular flexibility index (Phi) is 3.10. The molecule has 0 radical (unpaired) electrons. The molecule has 1 aromatic heterocycles. The van der Waals surface area contributed by atoms with Gasteiger partial charge >= 0.3 is 0 Å². The smallest absolute Gasteiger partial charge is 0.273 e. The van der Waals surface area contributed by atoms with Crippen LogP contribution in [0.25, 0.3) is 0 Å². The van der Waals surface area contributed by atoms with E-state index in [0.717, 1.165) is 0 Å². The van der Waals surface area contributed by atoms with E-state index < -0.39 is 9.75 Å². The minimum absolute atomic E-state index is 0.354. The average molecular weight is 293 g/mol. The Labute approximate surface area is 112 Å². The largest absolute Gasteiger partial charge is 0.279 e. The Hall–Kier alpha value is -0.780. The highest BCUT2D eigenvalue weighted by Gasteiger charge is 2.68. The predicted molar refractivity (Wildman–Crippen MR) is 67.1 cm³/mol. The molecule has 0 spiro atoms. The van der Waals surface area contributed by atoms with Crippen LogP contribution in [0.2, 0.25) is 0 Å². The Bertz CT molecular complexity index is 461. The van der Waals surface area contributed by atoms with Crippen LogP contribution in [-0.4, -0.2) is 16.1 Å². The molecule has 4 nitrogen and oxygen atoms in total. The molecular weight excluding hydrogens is 283 g/mol. The first-order valence-corrected chi connectivity index (χ1v) is 6.52. The van der Waals surface area contributed by atoms with E-state index in [1.807, 2.05) is 0 Å². The van der Waals surface area contributed by atoms with Gasteiger partial charge in [0.15, 0.2) is 0 Å². The van der Waals surface area contributed by atoms with E-state index in [9.17, 15) is 9.59 Å². The van der Waals surface area contributed by atoms with Crippen molar-refractivity contribution in [2.45, 2.75) is 17.7 Å². The Morgan fingerprint density at radius 2 is 2.06 bits per heavy atom. The summed E-state index contributed by atoms with van der Waals surface area (Å²) in [4.78, 5) is 23.8. The molecule has 1 aliphatic rings. The maximum Gasteiger partial charge on any atom is 0.279 e. The fourth-order valence-electron chi connectivity index (χ4n) is 1.37. The molecule has 1 unspecified atom stereocenters. The van der Waals surface area contributed by atoms with E-state index in [0.29, 0.717) is 11.3 Å². The van der Waals surface area contributed by atoms with Crippen molar-refractivity contribution in [1.82, 2.24) is 10.9 Å². The number of hydrogen-bond donors (Lipinski definition) is 2. The van der Waals surface area contributed by atoms with Crippen LogP contribution in [0.15, 0.2) is 17.5 Å². The summed E-state index contributed by atoms with van der Waals surface area (Å²) in [7, 11) is 0. The first-order chi connectivity index (χ1) is 7.87. The fourth-order valence-corrected chi connectivity index (χ4v) is 2.69. The van der Waals surface area contributed by atoms with Crippen molar-refractivity contribution in [3.8, 4) is 0 Å². The van der Waals surface area contributed by atoms with Crippen LogP contribution < -0.4 is 10.9 Å². The minimum atomic E-state index is -1.04. The number of rotatable bonds is 2. The van der Waals surface area contributed by atoms with E-state index in [-0.39, 0.29) is 11.8 Å². The molecule has 0 aromatic carbocycles. The number of carbonyl (C=O) groups is 2. The van der Waals surface area contributed by atoms with Crippen molar-refractivity contribution < 1.29 is 9.59 Å². The Morgan fingerprint density at radius 3 is 2.53 bits per heavy atom. The zero-order valence-corrected chi connectivity index (χ0v) is 11.2. The maximum absolute atomic E-state index is 11.7. The molecule has 1 heterocycles. The lowest BCUT2D eigenvalue weighted by Gasteiger charge is -2.12. The van der Waals surface area contributed by atoms with Gasteiger partial charge in [0.1, 0.15) is 4.33 Å². The van der Waals surface area contributed by atoms with Gasteiger partial charge in [-0.25, -0.2) is 0 Å². The molecule has 0 bridgehead atoms. The second-order valence-corrected chi connectivity index (χ2v) is 6.53. The molecular formula is C10H10Cl2N2O2S. The minimum Gasteiger partial charge on any atom is -0.273 e. The van der Waals surface area contributed by atoms with Crippen molar-refractivity contribution in [2.75, 3.05) is 0 Å². The zero-order valence-electron chi connectivity index (χ0n) is 8.92. The van der Waals surface area contributed by atoms with Crippen molar-refractivity contribution in [1.29, 1.82) is 0 Å². The van der Waals surface area contributed by atoms with Crippen molar-refractivity contribution in [3.63, 3.8) is 0 Å². The number of alkyl halides is 2. The molecule has 1 saturated carbocycles. The molecule has 17 heavy (non-hydrogen) atoms. The quantitative estimate of drug-likeness (QED) is 0.648. The molecule has 1 aromatic rings. The van der Waals surface area contributed by atoms with Crippen LogP contribution in [0.4, 0.5) is 0 Å². The third kappa shape index (κ3) is 2.27. The summed E-state index contributed by atoms with van der Waals surface area (Å²) in [6, 6.07) is 3.42. The normalized spacial score (nSPS) is 25.1. The van der Waals surface area contributed by atoms with Crippen LogP contribution in [0, 0.1) is 5.41 Å². The average Bonchev–Trinajstić information content (AvgIpc) is 2.73. The Balaban J connectivity index is 1.88. The van der Waals surface area contributed by atoms with Gasteiger partial charge in [-0.05, 0) is 24.8 Å². The Morgan fingerprint density at radius 1 is 1.41 bits per heavy atom. The lowest BCUT2D eigenvalue weighted by atomic mass is 10.1. The van der Waals surface area contributed by atoms with Crippen molar-refractivity contribution >= 4 is 46.4 Å². The highest BCUT2D eigenvalue weighted by atomic mass is 35.5. The summed E-state index contributed by atoms with van der Waals surface area (Å²) in [6.07, 6.45) is 0.379. The van der Waals surface area contributed by atoms with Gasteiger partial charge in [-0.15, -0.1) is 34.5 Å². The highest BCUT2D eigenvalue weighted by Crippen LogP contribution is 2.63. The van der Waals surface area contributed by atoms with E-state index in [4.69, 9.17) is 23.2 Å². The summed E-state index contributed by atoms with van der Waals surface area (Å²) in [5.41, 5.74) is 3.82. The van der Waals surface area contributed by atoms with E-state index >= 15 is 0 Å². The van der Waals surface area contributed by atoms with Crippen LogP contribution in [0.5, 0.6) is 0 Å². The molecule has 1 aliphatic carbocycles. The lowest BCUT2D eigenvalue weighted by molar-refractivity contribution is -0.126. The molecule has 0 aliphatic heterocycles. The molecule has 1 fully saturated rings. The summed E-state index contributed by atoms with van der Waals surface area (Å²) in [5, 5.41) is 1.78. The van der Waals surface area contributed by atoms with Gasteiger partial charge in [0.05, 0.1) is 10.3 Å². The third-order valence-electron chi connectivity index (χ3n) is 2.79. The summed E-state index contributed by atoms with van der Waals surface area (Å²) < 4.78 is -1.04. The number of carbonyl (C=O) groups excluding carboxylic acids is 2. The number of hydrazine groups is 1. The van der Waals surface area contributed by atoms with Gasteiger partial charge in [0.25, 0.3) is 5.91 Å². The van der Waals surface area contributed by atoms with E-state index in [1.165, 1.54) is 11.3 Å². The standard InChI is InChI=1S/C10H10Cl2N2O2S/c1-9(5-10(9,11)12)8(16)14-13-7(15)6-3-2-4-17-6/h2-4H,5H2,1H3,(H,13,15)(H,14,16). The van der Waals surface area contributed by atoms with Gasteiger partial charge in [-0.3, -0.25) is 20.4 Å². The molecule has 7 heteroatoms. The van der Waals surface area contributed by atoms with E-state index in [2.05, 4.69) is 10.9 Å². The third-order valence-corrected chi connectivity index (χ3v) is 4.76. The number of hydrogen-bond acceptors (Lipinski definition) is 3. The van der Waals surface area contributed by atoms with E-state index in [1.54, 1.807) is 24.4 Å². The molecule has 2 amide bonds. The maximum atomic E-state index is 11.7. The molecule has 0 saturated heterocycles. The highest BCUT2D eigenvalue weighted by molar-refractivity contribution is 7.12. The first-order valence-electron chi connectivity index (χ1n) is 4.89. The zero-order chi connectivity index (χ0) is 12.7. The van der Waals surface area contributed by atoms with Gasteiger partial charge in [-0.2, -0.15) is 0 Å².